The van der Waals surface area contributed by atoms with Crippen LogP contribution < -0.4 is 10.1 Å². The Morgan fingerprint density at radius 3 is 3.00 bits per heavy atom. The molecule has 1 amide bonds. The summed E-state index contributed by atoms with van der Waals surface area (Å²) in [4.78, 5) is 11.3. The van der Waals surface area contributed by atoms with Crippen LogP contribution in [0.15, 0.2) is 18.2 Å². The second kappa shape index (κ2) is 5.59. The number of aliphatic hydroxyl groups is 1. The number of carbonyl (C=O) groups is 1. The predicted molar refractivity (Wildman–Crippen MR) is 69.1 cm³/mol. The molecule has 1 aromatic carbocycles. The number of fused-ring (bicyclic) bond motifs is 1. The van der Waals surface area contributed by atoms with E-state index in [1.807, 2.05) is 18.2 Å². The molecule has 0 aromatic heterocycles. The number of methoxy groups -OCH3 is 1. The molecule has 1 aliphatic rings. The SMILES string of the molecule is COc1cccc2c1CC(O)C(NC(=O)CCl)C2. The van der Waals surface area contributed by atoms with Gasteiger partial charge in [-0.3, -0.25) is 4.79 Å². The minimum atomic E-state index is -0.610. The van der Waals surface area contributed by atoms with Crippen LogP contribution in [0, 0.1) is 0 Å². The second-order valence-electron chi connectivity index (χ2n) is 4.38. The molecule has 2 rings (SSSR count). The third-order valence-corrected chi connectivity index (χ3v) is 3.48. The van der Waals surface area contributed by atoms with Gasteiger partial charge in [0.1, 0.15) is 11.6 Å². The average Bonchev–Trinajstić information content (AvgIpc) is 2.38. The minimum Gasteiger partial charge on any atom is -0.496 e. The van der Waals surface area contributed by atoms with Gasteiger partial charge in [-0.15, -0.1) is 11.6 Å². The van der Waals surface area contributed by atoms with Crippen molar-refractivity contribution in [2.24, 2.45) is 0 Å². The molecule has 2 N–H and O–H groups in total. The molecule has 0 spiro atoms. The van der Waals surface area contributed by atoms with Crippen molar-refractivity contribution in [3.8, 4) is 5.75 Å². The topological polar surface area (TPSA) is 58.6 Å². The van der Waals surface area contributed by atoms with E-state index in [0.29, 0.717) is 12.8 Å². The summed E-state index contributed by atoms with van der Waals surface area (Å²) in [6, 6.07) is 5.50. The molecule has 18 heavy (non-hydrogen) atoms. The molecular formula is C13H16ClNO3. The van der Waals surface area contributed by atoms with Gasteiger partial charge >= 0.3 is 0 Å². The number of aliphatic hydroxyl groups excluding tert-OH is 1. The molecule has 0 radical (unpaired) electrons. The lowest BCUT2D eigenvalue weighted by Crippen LogP contribution is -2.48. The number of benzene rings is 1. The number of nitrogens with one attached hydrogen (secondary N) is 1. The maximum absolute atomic E-state index is 11.3. The lowest BCUT2D eigenvalue weighted by Gasteiger charge is -2.31. The summed E-state index contributed by atoms with van der Waals surface area (Å²) in [5, 5.41) is 12.8. The largest absolute Gasteiger partial charge is 0.496 e. The first-order chi connectivity index (χ1) is 8.65. The first-order valence-electron chi connectivity index (χ1n) is 5.84. The maximum atomic E-state index is 11.3. The molecular weight excluding hydrogens is 254 g/mol. The van der Waals surface area contributed by atoms with E-state index in [1.165, 1.54) is 0 Å². The Labute approximate surface area is 111 Å². The molecule has 1 aromatic rings. The molecule has 98 valence electrons. The molecule has 0 heterocycles. The third-order valence-electron chi connectivity index (χ3n) is 3.24. The van der Waals surface area contributed by atoms with E-state index >= 15 is 0 Å². The normalized spacial score (nSPS) is 22.2. The summed E-state index contributed by atoms with van der Waals surface area (Å²) in [6.07, 6.45) is 0.462. The summed E-state index contributed by atoms with van der Waals surface area (Å²) in [7, 11) is 1.61. The highest BCUT2D eigenvalue weighted by Gasteiger charge is 2.29. The summed E-state index contributed by atoms with van der Waals surface area (Å²) < 4.78 is 5.28. The minimum absolute atomic E-state index is 0.0891. The Morgan fingerprint density at radius 1 is 1.56 bits per heavy atom. The van der Waals surface area contributed by atoms with Crippen molar-refractivity contribution >= 4 is 17.5 Å². The summed E-state index contributed by atoms with van der Waals surface area (Å²) in [6.45, 7) is 0. The van der Waals surface area contributed by atoms with Crippen LogP contribution in [0.1, 0.15) is 11.1 Å². The summed E-state index contributed by atoms with van der Waals surface area (Å²) in [5.41, 5.74) is 2.11. The molecule has 5 heteroatoms. The first kappa shape index (κ1) is 13.2. The zero-order valence-electron chi connectivity index (χ0n) is 10.1. The van der Waals surface area contributed by atoms with Gasteiger partial charge in [-0.1, -0.05) is 12.1 Å². The average molecular weight is 270 g/mol. The van der Waals surface area contributed by atoms with Gasteiger partial charge in [-0.05, 0) is 18.1 Å². The van der Waals surface area contributed by atoms with E-state index in [1.54, 1.807) is 7.11 Å². The van der Waals surface area contributed by atoms with Crippen LogP contribution in [0.3, 0.4) is 0 Å². The Hall–Kier alpha value is -1.26. The standard InChI is InChI=1S/C13H16ClNO3/c1-18-12-4-2-3-8-5-10(15-13(17)7-14)11(16)6-9(8)12/h2-4,10-11,16H,5-7H2,1H3,(H,15,17). The highest BCUT2D eigenvalue weighted by atomic mass is 35.5. The molecule has 4 nitrogen and oxygen atoms in total. The van der Waals surface area contributed by atoms with E-state index in [9.17, 15) is 9.90 Å². The van der Waals surface area contributed by atoms with Crippen LogP contribution in [-0.4, -0.2) is 36.1 Å². The number of carbonyl (C=O) groups excluding carboxylic acids is 1. The number of amides is 1. The van der Waals surface area contributed by atoms with Crippen LogP contribution in [0.5, 0.6) is 5.75 Å². The lowest BCUT2D eigenvalue weighted by molar-refractivity contribution is -0.120. The van der Waals surface area contributed by atoms with E-state index in [0.717, 1.165) is 16.9 Å². The molecule has 0 saturated heterocycles. The Kier molecular flexibility index (Phi) is 4.09. The molecule has 2 atom stereocenters. The first-order valence-corrected chi connectivity index (χ1v) is 6.37. The quantitative estimate of drug-likeness (QED) is 0.801. The molecule has 2 unspecified atom stereocenters. The molecule has 0 saturated carbocycles. The zero-order chi connectivity index (χ0) is 13.1. The smallest absolute Gasteiger partial charge is 0.235 e. The predicted octanol–water partition coefficient (Wildman–Crippen LogP) is 0.878. The van der Waals surface area contributed by atoms with Crippen LogP contribution >= 0.6 is 11.6 Å². The van der Waals surface area contributed by atoms with Gasteiger partial charge < -0.3 is 15.2 Å². The van der Waals surface area contributed by atoms with Gasteiger partial charge in [0.15, 0.2) is 0 Å². The van der Waals surface area contributed by atoms with E-state index < -0.39 is 6.10 Å². The fraction of sp³-hybridized carbons (Fsp3) is 0.462. The van der Waals surface area contributed by atoms with Crippen molar-refractivity contribution in [1.82, 2.24) is 5.32 Å². The fourth-order valence-electron chi connectivity index (χ4n) is 2.34. The van der Waals surface area contributed by atoms with Crippen molar-refractivity contribution in [2.45, 2.75) is 25.0 Å². The highest BCUT2D eigenvalue weighted by Crippen LogP contribution is 2.29. The van der Waals surface area contributed by atoms with Crippen molar-refractivity contribution in [3.05, 3.63) is 29.3 Å². The van der Waals surface area contributed by atoms with Gasteiger partial charge in [-0.2, -0.15) is 0 Å². The summed E-state index contributed by atoms with van der Waals surface area (Å²) >= 11 is 5.45. The Morgan fingerprint density at radius 2 is 2.33 bits per heavy atom. The van der Waals surface area contributed by atoms with Crippen molar-refractivity contribution < 1.29 is 14.6 Å². The second-order valence-corrected chi connectivity index (χ2v) is 4.65. The number of halogens is 1. The maximum Gasteiger partial charge on any atom is 0.235 e. The van der Waals surface area contributed by atoms with Crippen LogP contribution in [0.4, 0.5) is 0 Å². The number of hydrogen-bond acceptors (Lipinski definition) is 3. The van der Waals surface area contributed by atoms with Crippen molar-refractivity contribution in [1.29, 1.82) is 0 Å². The molecule has 0 aliphatic heterocycles. The molecule has 1 aliphatic carbocycles. The van der Waals surface area contributed by atoms with E-state index in [2.05, 4.69) is 5.32 Å². The van der Waals surface area contributed by atoms with Crippen LogP contribution in [-0.2, 0) is 17.6 Å². The lowest BCUT2D eigenvalue weighted by atomic mass is 9.85. The van der Waals surface area contributed by atoms with E-state index in [4.69, 9.17) is 16.3 Å². The van der Waals surface area contributed by atoms with Crippen LogP contribution in [0.2, 0.25) is 0 Å². The molecule has 0 bridgehead atoms. The number of alkyl halides is 1. The van der Waals surface area contributed by atoms with Gasteiger partial charge in [-0.25, -0.2) is 0 Å². The number of ether oxygens (including phenoxy) is 1. The van der Waals surface area contributed by atoms with Gasteiger partial charge in [0, 0.05) is 12.0 Å². The van der Waals surface area contributed by atoms with Crippen molar-refractivity contribution in [2.75, 3.05) is 13.0 Å². The number of hydrogen-bond donors (Lipinski definition) is 2. The Bertz CT molecular complexity index is 450. The molecule has 0 fully saturated rings. The van der Waals surface area contributed by atoms with Crippen LogP contribution in [0.25, 0.3) is 0 Å². The van der Waals surface area contributed by atoms with Gasteiger partial charge in [0.2, 0.25) is 5.91 Å². The monoisotopic (exact) mass is 269 g/mol. The Balaban J connectivity index is 2.20. The number of rotatable bonds is 3. The third kappa shape index (κ3) is 2.60. The van der Waals surface area contributed by atoms with Crippen molar-refractivity contribution in [3.63, 3.8) is 0 Å². The van der Waals surface area contributed by atoms with E-state index in [-0.39, 0.29) is 17.8 Å². The van der Waals surface area contributed by atoms with Gasteiger partial charge in [0.25, 0.3) is 0 Å². The summed E-state index contributed by atoms with van der Waals surface area (Å²) in [5.74, 6) is 0.439. The van der Waals surface area contributed by atoms with Gasteiger partial charge in [0.05, 0.1) is 19.3 Å². The zero-order valence-corrected chi connectivity index (χ0v) is 10.9. The fourth-order valence-corrected chi connectivity index (χ4v) is 2.42. The highest BCUT2D eigenvalue weighted by molar-refractivity contribution is 6.27.